The van der Waals surface area contributed by atoms with Crippen LogP contribution in [0.4, 0.5) is 0 Å². The van der Waals surface area contributed by atoms with Gasteiger partial charge < -0.3 is 14.6 Å². The van der Waals surface area contributed by atoms with E-state index < -0.39 is 0 Å². The second-order valence-corrected chi connectivity index (χ2v) is 9.21. The predicted octanol–water partition coefficient (Wildman–Crippen LogP) is 5.61. The number of hydrogen-bond donors (Lipinski definition) is 1. The highest BCUT2D eigenvalue weighted by atomic mass is 16.3. The number of fused-ring (bicyclic) bond motifs is 1. The van der Waals surface area contributed by atoms with E-state index >= 15 is 0 Å². The van der Waals surface area contributed by atoms with Gasteiger partial charge in [-0.2, -0.15) is 0 Å². The van der Waals surface area contributed by atoms with Crippen molar-refractivity contribution in [2.45, 2.75) is 32.2 Å². The van der Waals surface area contributed by atoms with Crippen LogP contribution in [0.5, 0.6) is 0 Å². The smallest absolute Gasteiger partial charge is 0.253 e. The third kappa shape index (κ3) is 5.27. The van der Waals surface area contributed by atoms with E-state index in [0.717, 1.165) is 24.0 Å². The Hall–Kier alpha value is -3.93. The van der Waals surface area contributed by atoms with Crippen LogP contribution in [0.25, 0.3) is 22.6 Å². The third-order valence-corrected chi connectivity index (χ3v) is 6.71. The standard InChI is InChI=1S/C29H29N3O3/c1-20(22-8-4-2-5-9-22)30-27(33)18-21-14-16-32(17-15-21)29(34)24-12-13-26-25(19-24)31-28(35-26)23-10-6-3-7-11-23/h2-13,19-21H,14-18H2,1H3,(H,30,33)/t20-/m0/s1. The number of piperidine rings is 1. The first-order chi connectivity index (χ1) is 17.1. The summed E-state index contributed by atoms with van der Waals surface area (Å²) in [4.78, 5) is 32.1. The predicted molar refractivity (Wildman–Crippen MR) is 136 cm³/mol. The van der Waals surface area contributed by atoms with Gasteiger partial charge in [-0.3, -0.25) is 9.59 Å². The summed E-state index contributed by atoms with van der Waals surface area (Å²) < 4.78 is 5.87. The van der Waals surface area contributed by atoms with Gasteiger partial charge in [-0.1, -0.05) is 48.5 Å². The van der Waals surface area contributed by atoms with Gasteiger partial charge in [0.1, 0.15) is 5.52 Å². The summed E-state index contributed by atoms with van der Waals surface area (Å²) in [6, 6.07) is 25.1. The molecule has 35 heavy (non-hydrogen) atoms. The Bertz CT molecular complexity index is 1310. The monoisotopic (exact) mass is 467 g/mol. The van der Waals surface area contributed by atoms with Crippen LogP contribution in [0.2, 0.25) is 0 Å². The number of nitrogens with zero attached hydrogens (tertiary/aromatic N) is 2. The largest absolute Gasteiger partial charge is 0.436 e. The Kier molecular flexibility index (Phi) is 6.62. The van der Waals surface area contributed by atoms with Crippen molar-refractivity contribution in [1.82, 2.24) is 15.2 Å². The lowest BCUT2D eigenvalue weighted by Crippen LogP contribution is -2.39. The SMILES string of the molecule is C[C@H](NC(=O)CC1CCN(C(=O)c2ccc3oc(-c4ccccc4)nc3c2)CC1)c1ccccc1. The molecule has 0 saturated carbocycles. The number of likely N-dealkylation sites (tertiary alicyclic amines) is 1. The van der Waals surface area contributed by atoms with Crippen LogP contribution in [-0.2, 0) is 4.79 Å². The molecule has 5 rings (SSSR count). The van der Waals surface area contributed by atoms with Crippen molar-refractivity contribution in [3.05, 3.63) is 90.0 Å². The average Bonchev–Trinajstić information content (AvgIpc) is 3.33. The Morgan fingerprint density at radius 2 is 1.69 bits per heavy atom. The zero-order chi connectivity index (χ0) is 24.2. The fourth-order valence-corrected chi connectivity index (χ4v) is 4.68. The maximum atomic E-state index is 13.1. The van der Waals surface area contributed by atoms with Crippen LogP contribution in [0.15, 0.2) is 83.3 Å². The summed E-state index contributed by atoms with van der Waals surface area (Å²) in [5.74, 6) is 0.896. The van der Waals surface area contributed by atoms with Crippen molar-refractivity contribution in [3.8, 4) is 11.5 Å². The van der Waals surface area contributed by atoms with E-state index in [2.05, 4.69) is 10.3 Å². The summed E-state index contributed by atoms with van der Waals surface area (Å²) in [6.45, 7) is 3.30. The summed E-state index contributed by atoms with van der Waals surface area (Å²) >= 11 is 0. The van der Waals surface area contributed by atoms with E-state index in [1.54, 1.807) is 12.1 Å². The molecule has 3 aromatic carbocycles. The lowest BCUT2D eigenvalue weighted by atomic mass is 9.92. The molecule has 0 bridgehead atoms. The van der Waals surface area contributed by atoms with Crippen LogP contribution in [0, 0.1) is 5.92 Å². The zero-order valence-corrected chi connectivity index (χ0v) is 19.8. The van der Waals surface area contributed by atoms with Crippen molar-refractivity contribution in [3.63, 3.8) is 0 Å². The molecule has 2 amide bonds. The molecule has 1 aliphatic rings. The summed E-state index contributed by atoms with van der Waals surface area (Å²) in [6.07, 6.45) is 2.14. The molecule has 4 aromatic rings. The van der Waals surface area contributed by atoms with Gasteiger partial charge in [-0.15, -0.1) is 0 Å². The summed E-state index contributed by atoms with van der Waals surface area (Å²) in [5.41, 5.74) is 3.95. The normalized spacial score (nSPS) is 15.2. The van der Waals surface area contributed by atoms with Gasteiger partial charge in [0, 0.05) is 30.6 Å². The zero-order valence-electron chi connectivity index (χ0n) is 19.8. The van der Waals surface area contributed by atoms with Crippen molar-refractivity contribution in [2.75, 3.05) is 13.1 Å². The van der Waals surface area contributed by atoms with Crippen LogP contribution in [0.3, 0.4) is 0 Å². The Morgan fingerprint density at radius 1 is 1.00 bits per heavy atom. The molecule has 1 aliphatic heterocycles. The maximum Gasteiger partial charge on any atom is 0.253 e. The molecule has 6 nitrogen and oxygen atoms in total. The number of oxazole rings is 1. The van der Waals surface area contributed by atoms with Gasteiger partial charge in [0.15, 0.2) is 5.58 Å². The average molecular weight is 468 g/mol. The first-order valence-electron chi connectivity index (χ1n) is 12.2. The highest BCUT2D eigenvalue weighted by Gasteiger charge is 2.26. The topological polar surface area (TPSA) is 75.4 Å². The van der Waals surface area contributed by atoms with Gasteiger partial charge in [0.05, 0.1) is 6.04 Å². The van der Waals surface area contributed by atoms with Gasteiger partial charge >= 0.3 is 0 Å². The van der Waals surface area contributed by atoms with E-state index in [-0.39, 0.29) is 23.8 Å². The number of amides is 2. The molecule has 0 unspecified atom stereocenters. The van der Waals surface area contributed by atoms with Crippen LogP contribution < -0.4 is 5.32 Å². The van der Waals surface area contributed by atoms with Gasteiger partial charge in [-0.05, 0) is 61.6 Å². The second kappa shape index (κ2) is 10.1. The molecule has 1 atom stereocenters. The Labute approximate surface area is 205 Å². The van der Waals surface area contributed by atoms with Crippen molar-refractivity contribution >= 4 is 22.9 Å². The van der Waals surface area contributed by atoms with E-state index in [1.165, 1.54) is 0 Å². The fourth-order valence-electron chi connectivity index (χ4n) is 4.68. The van der Waals surface area contributed by atoms with Gasteiger partial charge in [0.2, 0.25) is 11.8 Å². The lowest BCUT2D eigenvalue weighted by Gasteiger charge is -2.32. The number of rotatable bonds is 6. The van der Waals surface area contributed by atoms with Crippen LogP contribution in [0.1, 0.15) is 48.1 Å². The van der Waals surface area contributed by atoms with Gasteiger partial charge in [-0.25, -0.2) is 4.98 Å². The van der Waals surface area contributed by atoms with E-state index in [0.29, 0.717) is 42.1 Å². The summed E-state index contributed by atoms with van der Waals surface area (Å²) in [5, 5.41) is 3.10. The van der Waals surface area contributed by atoms with E-state index in [1.807, 2.05) is 78.6 Å². The molecule has 0 radical (unpaired) electrons. The highest BCUT2D eigenvalue weighted by Crippen LogP contribution is 2.27. The van der Waals surface area contributed by atoms with Crippen molar-refractivity contribution in [1.29, 1.82) is 0 Å². The number of carbonyl (C=O) groups is 2. The number of nitrogens with one attached hydrogen (secondary N) is 1. The molecule has 178 valence electrons. The quantitative estimate of drug-likeness (QED) is 0.400. The first-order valence-corrected chi connectivity index (χ1v) is 12.2. The fraction of sp³-hybridized carbons (Fsp3) is 0.276. The molecule has 0 aliphatic carbocycles. The van der Waals surface area contributed by atoms with E-state index in [9.17, 15) is 9.59 Å². The molecule has 1 aromatic heterocycles. The number of hydrogen-bond acceptors (Lipinski definition) is 4. The molecule has 2 heterocycles. The third-order valence-electron chi connectivity index (χ3n) is 6.71. The minimum absolute atomic E-state index is 0.00300. The number of carbonyl (C=O) groups excluding carboxylic acids is 2. The number of aromatic nitrogens is 1. The maximum absolute atomic E-state index is 13.1. The first kappa shape index (κ1) is 22.8. The molecule has 1 N–H and O–H groups in total. The van der Waals surface area contributed by atoms with Crippen LogP contribution in [-0.4, -0.2) is 34.8 Å². The molecule has 1 fully saturated rings. The van der Waals surface area contributed by atoms with Crippen LogP contribution >= 0.6 is 0 Å². The van der Waals surface area contributed by atoms with E-state index in [4.69, 9.17) is 4.42 Å². The molecular weight excluding hydrogens is 438 g/mol. The van der Waals surface area contributed by atoms with Crippen molar-refractivity contribution < 1.29 is 14.0 Å². The van der Waals surface area contributed by atoms with Gasteiger partial charge in [0.25, 0.3) is 5.91 Å². The Balaban J connectivity index is 1.16. The molecule has 1 saturated heterocycles. The Morgan fingerprint density at radius 3 is 2.40 bits per heavy atom. The summed E-state index contributed by atoms with van der Waals surface area (Å²) in [7, 11) is 0. The minimum atomic E-state index is -0.0146. The lowest BCUT2D eigenvalue weighted by molar-refractivity contribution is -0.122. The molecule has 0 spiro atoms. The molecular formula is C29H29N3O3. The second-order valence-electron chi connectivity index (χ2n) is 9.21. The van der Waals surface area contributed by atoms with Crippen molar-refractivity contribution in [2.24, 2.45) is 5.92 Å². The number of benzene rings is 3. The highest BCUT2D eigenvalue weighted by molar-refractivity contribution is 5.97. The molecule has 6 heteroatoms. The minimum Gasteiger partial charge on any atom is -0.436 e.